The highest BCUT2D eigenvalue weighted by molar-refractivity contribution is 6.08. The summed E-state index contributed by atoms with van der Waals surface area (Å²) in [6.07, 6.45) is 0. The number of nitrogens with two attached hydrogens (primary N) is 1. The molecule has 9 nitrogen and oxygen atoms in total. The van der Waals surface area contributed by atoms with E-state index in [1.54, 1.807) is 50.2 Å². The molecule has 0 saturated carbocycles. The topological polar surface area (TPSA) is 132 Å². The van der Waals surface area contributed by atoms with Crippen LogP contribution >= 0.6 is 0 Å². The molecule has 206 valence electrons. The number of ether oxygens (including phenoxy) is 3. The van der Waals surface area contributed by atoms with Gasteiger partial charge in [-0.1, -0.05) is 17.7 Å². The summed E-state index contributed by atoms with van der Waals surface area (Å²) in [4.78, 5) is 29.3. The largest absolute Gasteiger partial charge is 0.490 e. The number of aliphatic hydroxyl groups is 1. The van der Waals surface area contributed by atoms with Gasteiger partial charge in [0, 0.05) is 28.4 Å². The number of esters is 1. The molecule has 3 rings (SSSR count). The number of carbonyl (C=O) groups excluding carboxylic acids is 2. The van der Waals surface area contributed by atoms with E-state index in [1.165, 1.54) is 6.07 Å². The maximum absolute atomic E-state index is 15.2. The van der Waals surface area contributed by atoms with Crippen molar-refractivity contribution in [3.8, 4) is 11.5 Å². The van der Waals surface area contributed by atoms with Crippen LogP contribution in [0.1, 0.15) is 46.9 Å². The van der Waals surface area contributed by atoms with Gasteiger partial charge in [0.15, 0.2) is 17.5 Å². The number of nitrogens with zero attached hydrogens (tertiary/aromatic N) is 1. The van der Waals surface area contributed by atoms with E-state index in [1.807, 2.05) is 19.1 Å². The third-order valence-electron chi connectivity index (χ3n) is 5.56. The normalized spacial score (nSPS) is 12.0. The standard InChI is InChI=1S/C29H32FN3O6/c1-4-37-24-16-22(23(30)17-25(24)39-15-14-34)26(29(36)38-5-2)32-21-12-10-19(11-13-21)27(31)33-28(35)20-8-6-18(3)7-9-20/h6-13,16-17,26,32,34H,4-5,14-15H2,1-3H3,(H2,31,33,35). The second-order valence-corrected chi connectivity index (χ2v) is 8.40. The number of hydrogen-bond acceptors (Lipinski definition) is 7. The fraction of sp³-hybridized carbons (Fsp3) is 0.276. The van der Waals surface area contributed by atoms with Crippen LogP contribution in [0.25, 0.3) is 0 Å². The lowest BCUT2D eigenvalue weighted by molar-refractivity contribution is -0.144. The van der Waals surface area contributed by atoms with E-state index in [-0.39, 0.29) is 49.3 Å². The maximum atomic E-state index is 15.2. The van der Waals surface area contributed by atoms with E-state index < -0.39 is 23.7 Å². The molecule has 0 spiro atoms. The van der Waals surface area contributed by atoms with Gasteiger partial charge in [-0.05, 0) is 63.2 Å². The van der Waals surface area contributed by atoms with E-state index in [2.05, 4.69) is 10.3 Å². The van der Waals surface area contributed by atoms with Crippen LogP contribution in [-0.2, 0) is 9.53 Å². The molecule has 3 aromatic rings. The Morgan fingerprint density at radius 3 is 2.23 bits per heavy atom. The van der Waals surface area contributed by atoms with Gasteiger partial charge in [-0.15, -0.1) is 0 Å². The molecule has 0 aliphatic rings. The van der Waals surface area contributed by atoms with Gasteiger partial charge < -0.3 is 30.4 Å². The van der Waals surface area contributed by atoms with Crippen molar-refractivity contribution in [3.05, 3.63) is 88.7 Å². The van der Waals surface area contributed by atoms with Crippen LogP contribution in [0.3, 0.4) is 0 Å². The third kappa shape index (κ3) is 7.78. The molecule has 1 atom stereocenters. The molecule has 10 heteroatoms. The molecular weight excluding hydrogens is 505 g/mol. The molecule has 0 radical (unpaired) electrons. The predicted molar refractivity (Wildman–Crippen MR) is 146 cm³/mol. The minimum absolute atomic E-state index is 0.0119. The van der Waals surface area contributed by atoms with Gasteiger partial charge in [0.05, 0.1) is 19.8 Å². The number of rotatable bonds is 12. The van der Waals surface area contributed by atoms with Gasteiger partial charge >= 0.3 is 5.97 Å². The van der Waals surface area contributed by atoms with Gasteiger partial charge in [0.25, 0.3) is 5.91 Å². The number of aliphatic hydroxyl groups excluding tert-OH is 1. The van der Waals surface area contributed by atoms with Crippen molar-refractivity contribution in [3.63, 3.8) is 0 Å². The summed E-state index contributed by atoms with van der Waals surface area (Å²) in [5.41, 5.74) is 8.43. The number of nitrogens with one attached hydrogen (secondary N) is 1. The Balaban J connectivity index is 1.86. The average molecular weight is 538 g/mol. The Bertz CT molecular complexity index is 1310. The number of hydrogen-bond donors (Lipinski definition) is 3. The SMILES string of the molecule is CCOC(=O)C(Nc1ccc(/C(N)=N/C(=O)c2ccc(C)cc2)cc1)c1cc(OCC)c(OCCO)cc1F. The second-order valence-electron chi connectivity index (χ2n) is 8.40. The van der Waals surface area contributed by atoms with Crippen LogP contribution in [0.5, 0.6) is 11.5 Å². The van der Waals surface area contributed by atoms with Gasteiger partial charge in [-0.25, -0.2) is 9.18 Å². The third-order valence-corrected chi connectivity index (χ3v) is 5.56. The number of amides is 1. The number of anilines is 1. The summed E-state index contributed by atoms with van der Waals surface area (Å²) in [6.45, 7) is 5.39. The molecule has 0 bridgehead atoms. The molecule has 0 fully saturated rings. The van der Waals surface area contributed by atoms with E-state index in [4.69, 9.17) is 25.1 Å². The first-order valence-electron chi connectivity index (χ1n) is 12.5. The monoisotopic (exact) mass is 537 g/mol. The number of benzene rings is 3. The lowest BCUT2D eigenvalue weighted by Crippen LogP contribution is -2.25. The summed E-state index contributed by atoms with van der Waals surface area (Å²) in [6, 6.07) is 14.8. The van der Waals surface area contributed by atoms with Crippen molar-refractivity contribution in [2.75, 3.05) is 31.7 Å². The fourth-order valence-electron chi connectivity index (χ4n) is 3.64. The number of amidine groups is 1. The first-order chi connectivity index (χ1) is 18.8. The molecule has 0 aliphatic carbocycles. The zero-order chi connectivity index (χ0) is 28.4. The molecule has 0 aliphatic heterocycles. The number of aliphatic imine (C=N–C) groups is 1. The van der Waals surface area contributed by atoms with Crippen LogP contribution in [0.2, 0.25) is 0 Å². The van der Waals surface area contributed by atoms with E-state index in [0.29, 0.717) is 16.8 Å². The van der Waals surface area contributed by atoms with E-state index in [0.717, 1.165) is 11.6 Å². The molecule has 39 heavy (non-hydrogen) atoms. The first kappa shape index (κ1) is 29.1. The Morgan fingerprint density at radius 1 is 0.974 bits per heavy atom. The molecule has 1 amide bonds. The lowest BCUT2D eigenvalue weighted by Gasteiger charge is -2.21. The van der Waals surface area contributed by atoms with Gasteiger partial charge in [0.2, 0.25) is 0 Å². The minimum Gasteiger partial charge on any atom is -0.490 e. The average Bonchev–Trinajstić information content (AvgIpc) is 2.92. The van der Waals surface area contributed by atoms with Crippen molar-refractivity contribution in [2.24, 2.45) is 10.7 Å². The highest BCUT2D eigenvalue weighted by Crippen LogP contribution is 2.35. The molecule has 3 aromatic carbocycles. The zero-order valence-corrected chi connectivity index (χ0v) is 22.1. The molecule has 0 saturated heterocycles. The Labute approximate surface area is 226 Å². The number of carbonyl (C=O) groups is 2. The summed E-state index contributed by atoms with van der Waals surface area (Å²) in [5.74, 6) is -1.54. The fourth-order valence-corrected chi connectivity index (χ4v) is 3.64. The van der Waals surface area contributed by atoms with Crippen LogP contribution < -0.4 is 20.5 Å². The predicted octanol–water partition coefficient (Wildman–Crippen LogP) is 4.17. The quantitative estimate of drug-likeness (QED) is 0.178. The van der Waals surface area contributed by atoms with Gasteiger partial charge in [-0.2, -0.15) is 4.99 Å². The van der Waals surface area contributed by atoms with Crippen molar-refractivity contribution >= 4 is 23.4 Å². The van der Waals surface area contributed by atoms with Crippen LogP contribution in [0.4, 0.5) is 10.1 Å². The molecule has 0 aromatic heterocycles. The number of aryl methyl sites for hydroxylation is 1. The Morgan fingerprint density at radius 2 is 1.62 bits per heavy atom. The van der Waals surface area contributed by atoms with E-state index >= 15 is 4.39 Å². The van der Waals surface area contributed by atoms with Crippen molar-refractivity contribution in [1.82, 2.24) is 0 Å². The van der Waals surface area contributed by atoms with Gasteiger partial charge in [0.1, 0.15) is 18.3 Å². The molecule has 0 heterocycles. The summed E-state index contributed by atoms with van der Waals surface area (Å²) < 4.78 is 31.3. The number of halogens is 1. The maximum Gasteiger partial charge on any atom is 0.333 e. The van der Waals surface area contributed by atoms with Crippen LogP contribution in [-0.4, -0.2) is 49.2 Å². The lowest BCUT2D eigenvalue weighted by atomic mass is 10.0. The van der Waals surface area contributed by atoms with Crippen LogP contribution in [0, 0.1) is 12.7 Å². The van der Waals surface area contributed by atoms with Crippen molar-refractivity contribution in [2.45, 2.75) is 26.8 Å². The summed E-state index contributed by atoms with van der Waals surface area (Å²) >= 11 is 0. The Kier molecular flexibility index (Phi) is 10.4. The van der Waals surface area contributed by atoms with Crippen molar-refractivity contribution < 1.29 is 33.3 Å². The van der Waals surface area contributed by atoms with Gasteiger partial charge in [-0.3, -0.25) is 4.79 Å². The van der Waals surface area contributed by atoms with E-state index in [9.17, 15) is 9.59 Å². The Hall–Kier alpha value is -4.44. The first-order valence-corrected chi connectivity index (χ1v) is 12.5. The molecule has 4 N–H and O–H groups in total. The zero-order valence-electron chi connectivity index (χ0n) is 22.1. The summed E-state index contributed by atoms with van der Waals surface area (Å²) in [7, 11) is 0. The highest BCUT2D eigenvalue weighted by atomic mass is 19.1. The molecule has 1 unspecified atom stereocenters. The molecular formula is C29H32FN3O6. The second kappa shape index (κ2) is 13.9. The highest BCUT2D eigenvalue weighted by Gasteiger charge is 2.27. The van der Waals surface area contributed by atoms with Crippen molar-refractivity contribution in [1.29, 1.82) is 0 Å². The van der Waals surface area contributed by atoms with Crippen LogP contribution in [0.15, 0.2) is 65.7 Å². The smallest absolute Gasteiger partial charge is 0.333 e. The minimum atomic E-state index is -1.21. The summed E-state index contributed by atoms with van der Waals surface area (Å²) in [5, 5.41) is 12.0.